The molecule has 0 aliphatic carbocycles. The Kier molecular flexibility index (Phi) is 2.66. The molecule has 0 saturated heterocycles. The van der Waals surface area contributed by atoms with Gasteiger partial charge < -0.3 is 10.5 Å². The van der Waals surface area contributed by atoms with Gasteiger partial charge in [0.05, 0.1) is 19.0 Å². The summed E-state index contributed by atoms with van der Waals surface area (Å²) in [5.74, 6) is 0.940. The van der Waals surface area contributed by atoms with Crippen molar-refractivity contribution in [3.05, 3.63) is 12.4 Å². The van der Waals surface area contributed by atoms with Crippen LogP contribution >= 0.6 is 0 Å². The van der Waals surface area contributed by atoms with Gasteiger partial charge in [-0.05, 0) is 6.42 Å². The second-order valence-corrected chi connectivity index (χ2v) is 2.13. The van der Waals surface area contributed by atoms with Gasteiger partial charge in [-0.1, -0.05) is 6.92 Å². The molecule has 0 fully saturated rings. The zero-order chi connectivity index (χ0) is 8.10. The summed E-state index contributed by atoms with van der Waals surface area (Å²) < 4.78 is 5.18. The van der Waals surface area contributed by atoms with Crippen LogP contribution in [0.25, 0.3) is 0 Å². The molecule has 60 valence electrons. The SMILES string of the molecule is CCCOc1cnc(N)cn1. The van der Waals surface area contributed by atoms with Gasteiger partial charge in [0.25, 0.3) is 0 Å². The zero-order valence-electron chi connectivity index (χ0n) is 6.45. The van der Waals surface area contributed by atoms with E-state index in [1.165, 1.54) is 12.4 Å². The van der Waals surface area contributed by atoms with Gasteiger partial charge in [0.15, 0.2) is 0 Å². The van der Waals surface area contributed by atoms with Crippen LogP contribution in [0.4, 0.5) is 5.82 Å². The third-order valence-electron chi connectivity index (χ3n) is 1.10. The van der Waals surface area contributed by atoms with Crippen molar-refractivity contribution in [2.24, 2.45) is 0 Å². The van der Waals surface area contributed by atoms with Crippen molar-refractivity contribution in [2.45, 2.75) is 13.3 Å². The van der Waals surface area contributed by atoms with Gasteiger partial charge in [-0.15, -0.1) is 0 Å². The molecule has 0 bridgehead atoms. The van der Waals surface area contributed by atoms with Crippen LogP contribution in [0.15, 0.2) is 12.4 Å². The predicted molar refractivity (Wildman–Crippen MR) is 42.2 cm³/mol. The summed E-state index contributed by atoms with van der Waals surface area (Å²) in [5, 5.41) is 0. The maximum atomic E-state index is 5.33. The van der Waals surface area contributed by atoms with E-state index < -0.39 is 0 Å². The summed E-state index contributed by atoms with van der Waals surface area (Å²) in [6, 6.07) is 0. The summed E-state index contributed by atoms with van der Waals surface area (Å²) >= 11 is 0. The number of nitrogens with zero attached hydrogens (tertiary/aromatic N) is 2. The van der Waals surface area contributed by atoms with Crippen LogP contribution in [-0.2, 0) is 0 Å². The van der Waals surface area contributed by atoms with Gasteiger partial charge in [0.2, 0.25) is 5.88 Å². The van der Waals surface area contributed by atoms with Crippen molar-refractivity contribution in [3.8, 4) is 5.88 Å². The minimum atomic E-state index is 0.411. The highest BCUT2D eigenvalue weighted by Crippen LogP contribution is 2.04. The van der Waals surface area contributed by atoms with E-state index in [2.05, 4.69) is 9.97 Å². The molecule has 0 aliphatic heterocycles. The highest BCUT2D eigenvalue weighted by atomic mass is 16.5. The summed E-state index contributed by atoms with van der Waals surface area (Å²) in [5.41, 5.74) is 5.33. The molecule has 0 aromatic carbocycles. The van der Waals surface area contributed by atoms with Crippen molar-refractivity contribution < 1.29 is 4.74 Å². The third kappa shape index (κ3) is 2.41. The molecule has 1 aromatic rings. The van der Waals surface area contributed by atoms with Crippen molar-refractivity contribution in [3.63, 3.8) is 0 Å². The second kappa shape index (κ2) is 3.75. The molecule has 0 saturated carbocycles. The van der Waals surface area contributed by atoms with Gasteiger partial charge in [-0.25, -0.2) is 9.97 Å². The summed E-state index contributed by atoms with van der Waals surface area (Å²) in [7, 11) is 0. The molecule has 0 radical (unpaired) electrons. The number of aromatic nitrogens is 2. The fraction of sp³-hybridized carbons (Fsp3) is 0.429. The van der Waals surface area contributed by atoms with Gasteiger partial charge >= 0.3 is 0 Å². The summed E-state index contributed by atoms with van der Waals surface area (Å²) in [6.45, 7) is 2.70. The van der Waals surface area contributed by atoms with E-state index in [4.69, 9.17) is 10.5 Å². The normalized spacial score (nSPS) is 9.55. The van der Waals surface area contributed by atoms with Crippen LogP contribution in [0.3, 0.4) is 0 Å². The van der Waals surface area contributed by atoms with E-state index in [1.807, 2.05) is 6.92 Å². The molecular weight excluding hydrogens is 142 g/mol. The van der Waals surface area contributed by atoms with E-state index >= 15 is 0 Å². The first-order chi connectivity index (χ1) is 5.33. The Morgan fingerprint density at radius 3 is 2.82 bits per heavy atom. The lowest BCUT2D eigenvalue weighted by Gasteiger charge is -2.01. The Morgan fingerprint density at radius 1 is 1.45 bits per heavy atom. The van der Waals surface area contributed by atoms with Crippen LogP contribution in [0.5, 0.6) is 5.88 Å². The largest absolute Gasteiger partial charge is 0.477 e. The van der Waals surface area contributed by atoms with Crippen LogP contribution < -0.4 is 10.5 Å². The van der Waals surface area contributed by atoms with Crippen molar-refractivity contribution >= 4 is 5.82 Å². The Bertz CT molecular complexity index is 209. The topological polar surface area (TPSA) is 61.0 Å². The first kappa shape index (κ1) is 7.78. The Morgan fingerprint density at radius 2 is 2.27 bits per heavy atom. The van der Waals surface area contributed by atoms with E-state index in [1.54, 1.807) is 0 Å². The van der Waals surface area contributed by atoms with E-state index in [-0.39, 0.29) is 0 Å². The maximum Gasteiger partial charge on any atom is 0.232 e. The third-order valence-corrected chi connectivity index (χ3v) is 1.10. The molecular formula is C7H11N3O. The van der Waals surface area contributed by atoms with Gasteiger partial charge in [0.1, 0.15) is 5.82 Å². The lowest BCUT2D eigenvalue weighted by atomic mass is 10.5. The Hall–Kier alpha value is -1.32. The molecule has 1 rings (SSSR count). The van der Waals surface area contributed by atoms with Crippen LogP contribution in [-0.4, -0.2) is 16.6 Å². The first-order valence-corrected chi connectivity index (χ1v) is 3.53. The Labute approximate surface area is 65.4 Å². The van der Waals surface area contributed by atoms with Gasteiger partial charge in [-0.2, -0.15) is 0 Å². The van der Waals surface area contributed by atoms with Crippen LogP contribution in [0.2, 0.25) is 0 Å². The fourth-order valence-corrected chi connectivity index (χ4v) is 0.607. The van der Waals surface area contributed by atoms with Gasteiger partial charge in [-0.3, -0.25) is 0 Å². The first-order valence-electron chi connectivity index (χ1n) is 3.53. The van der Waals surface area contributed by atoms with Crippen LogP contribution in [0, 0.1) is 0 Å². The lowest BCUT2D eigenvalue weighted by Crippen LogP contribution is -1.99. The Balaban J connectivity index is 2.52. The number of nitrogens with two attached hydrogens (primary N) is 1. The number of hydrogen-bond donors (Lipinski definition) is 1. The molecule has 4 heteroatoms. The quantitative estimate of drug-likeness (QED) is 0.699. The molecule has 2 N–H and O–H groups in total. The zero-order valence-corrected chi connectivity index (χ0v) is 6.45. The van der Waals surface area contributed by atoms with Crippen molar-refractivity contribution in [1.29, 1.82) is 0 Å². The van der Waals surface area contributed by atoms with Crippen molar-refractivity contribution in [2.75, 3.05) is 12.3 Å². The molecule has 0 amide bonds. The minimum absolute atomic E-state index is 0.411. The molecule has 0 spiro atoms. The molecule has 4 nitrogen and oxygen atoms in total. The number of nitrogen functional groups attached to an aromatic ring is 1. The van der Waals surface area contributed by atoms with E-state index in [9.17, 15) is 0 Å². The fourth-order valence-electron chi connectivity index (χ4n) is 0.607. The van der Waals surface area contributed by atoms with E-state index in [0.29, 0.717) is 18.3 Å². The number of anilines is 1. The van der Waals surface area contributed by atoms with E-state index in [0.717, 1.165) is 6.42 Å². The molecule has 1 heterocycles. The molecule has 1 aromatic heterocycles. The molecule has 0 unspecified atom stereocenters. The highest BCUT2D eigenvalue weighted by molar-refractivity contribution is 5.24. The summed E-state index contributed by atoms with van der Waals surface area (Å²) in [6.07, 6.45) is 3.96. The molecule has 0 aliphatic rings. The smallest absolute Gasteiger partial charge is 0.232 e. The summed E-state index contributed by atoms with van der Waals surface area (Å²) in [4.78, 5) is 7.73. The number of ether oxygens (including phenoxy) is 1. The average Bonchev–Trinajstić information content (AvgIpc) is 2.04. The number of hydrogen-bond acceptors (Lipinski definition) is 4. The number of rotatable bonds is 3. The molecule has 11 heavy (non-hydrogen) atoms. The van der Waals surface area contributed by atoms with Gasteiger partial charge in [0, 0.05) is 0 Å². The highest BCUT2D eigenvalue weighted by Gasteiger charge is 1.92. The molecule has 0 atom stereocenters. The minimum Gasteiger partial charge on any atom is -0.477 e. The standard InChI is InChI=1S/C7H11N3O/c1-2-3-11-7-5-9-6(8)4-10-7/h4-5H,2-3H2,1H3,(H2,8,9). The second-order valence-electron chi connectivity index (χ2n) is 2.13. The predicted octanol–water partition coefficient (Wildman–Crippen LogP) is 0.848. The van der Waals surface area contributed by atoms with Crippen LogP contribution in [0.1, 0.15) is 13.3 Å². The average molecular weight is 153 g/mol. The van der Waals surface area contributed by atoms with Crippen molar-refractivity contribution in [1.82, 2.24) is 9.97 Å². The lowest BCUT2D eigenvalue weighted by molar-refractivity contribution is 0.304. The maximum absolute atomic E-state index is 5.33. The monoisotopic (exact) mass is 153 g/mol.